The fourth-order valence-electron chi connectivity index (χ4n) is 4.14. The van der Waals surface area contributed by atoms with Gasteiger partial charge < -0.3 is 19.9 Å². The molecule has 0 spiro atoms. The van der Waals surface area contributed by atoms with Gasteiger partial charge >= 0.3 is 0 Å². The van der Waals surface area contributed by atoms with Crippen molar-refractivity contribution < 1.29 is 4.74 Å². The molecule has 166 valence electrons. The van der Waals surface area contributed by atoms with Crippen LogP contribution in [0.2, 0.25) is 0 Å². The van der Waals surface area contributed by atoms with Gasteiger partial charge in [-0.1, -0.05) is 19.1 Å². The van der Waals surface area contributed by atoms with Gasteiger partial charge in [0.15, 0.2) is 5.82 Å². The first-order valence-corrected chi connectivity index (χ1v) is 11.4. The zero-order valence-electron chi connectivity index (χ0n) is 18.4. The van der Waals surface area contributed by atoms with Gasteiger partial charge in [-0.05, 0) is 43.0 Å². The molecule has 0 unspecified atom stereocenters. The van der Waals surface area contributed by atoms with E-state index in [0.29, 0.717) is 0 Å². The van der Waals surface area contributed by atoms with E-state index in [2.05, 4.69) is 66.5 Å². The Hall–Kier alpha value is -3.26. The molecule has 1 aromatic carbocycles. The highest BCUT2D eigenvalue weighted by Gasteiger charge is 2.17. The third-order valence-corrected chi connectivity index (χ3v) is 6.20. The van der Waals surface area contributed by atoms with Crippen molar-refractivity contribution >= 4 is 23.1 Å². The van der Waals surface area contributed by atoms with Crippen LogP contribution in [-0.2, 0) is 4.74 Å². The molecule has 0 saturated carbocycles. The summed E-state index contributed by atoms with van der Waals surface area (Å²) < 4.78 is 5.42. The third kappa shape index (κ3) is 4.80. The lowest BCUT2D eigenvalue weighted by molar-refractivity contribution is 0.122. The second-order valence-corrected chi connectivity index (χ2v) is 8.51. The van der Waals surface area contributed by atoms with Gasteiger partial charge in [-0.3, -0.25) is 0 Å². The van der Waals surface area contributed by atoms with Crippen LogP contribution in [0.1, 0.15) is 19.8 Å². The summed E-state index contributed by atoms with van der Waals surface area (Å²) in [6, 6.07) is 14.3. The minimum atomic E-state index is 0.731. The van der Waals surface area contributed by atoms with E-state index in [1.54, 1.807) is 6.33 Å². The topological polar surface area (TPSA) is 79.3 Å². The summed E-state index contributed by atoms with van der Waals surface area (Å²) in [6.45, 7) is 7.60. The van der Waals surface area contributed by atoms with Crippen molar-refractivity contribution in [1.82, 2.24) is 20.2 Å². The van der Waals surface area contributed by atoms with E-state index >= 15 is 0 Å². The van der Waals surface area contributed by atoms with Gasteiger partial charge in [0.2, 0.25) is 0 Å². The summed E-state index contributed by atoms with van der Waals surface area (Å²) in [5.41, 5.74) is 2.88. The number of piperidine rings is 1. The molecule has 0 aliphatic carbocycles. The number of nitrogens with one attached hydrogen (secondary N) is 1. The van der Waals surface area contributed by atoms with Crippen LogP contribution >= 0.6 is 0 Å². The SMILES string of the molecule is CC1CCN(c2ccc(-c3ccc(Nc4cc(N5CCOCC5)ncn4)cc3)nn2)CC1. The second kappa shape index (κ2) is 9.48. The monoisotopic (exact) mass is 431 g/mol. The van der Waals surface area contributed by atoms with Gasteiger partial charge in [0, 0.05) is 43.5 Å². The van der Waals surface area contributed by atoms with E-state index in [1.807, 2.05) is 18.2 Å². The van der Waals surface area contributed by atoms with Gasteiger partial charge in [-0.2, -0.15) is 0 Å². The zero-order valence-corrected chi connectivity index (χ0v) is 18.4. The van der Waals surface area contributed by atoms with Crippen molar-refractivity contribution in [3.63, 3.8) is 0 Å². The van der Waals surface area contributed by atoms with Crippen LogP contribution in [0.4, 0.5) is 23.1 Å². The number of ether oxygens (including phenoxy) is 1. The van der Waals surface area contributed by atoms with Crippen LogP contribution in [0.15, 0.2) is 48.8 Å². The first-order chi connectivity index (χ1) is 15.7. The number of anilines is 4. The van der Waals surface area contributed by atoms with E-state index in [4.69, 9.17) is 4.74 Å². The number of benzene rings is 1. The van der Waals surface area contributed by atoms with E-state index < -0.39 is 0 Å². The summed E-state index contributed by atoms with van der Waals surface area (Å²) in [6.07, 6.45) is 4.04. The Bertz CT molecular complexity index is 1010. The molecule has 8 nitrogen and oxygen atoms in total. The van der Waals surface area contributed by atoms with Crippen molar-refractivity contribution in [2.24, 2.45) is 5.92 Å². The number of morpholine rings is 1. The first-order valence-electron chi connectivity index (χ1n) is 11.4. The Balaban J connectivity index is 1.23. The molecule has 4 heterocycles. The lowest BCUT2D eigenvalue weighted by Gasteiger charge is -2.30. The molecular formula is C24H29N7O. The molecule has 8 heteroatoms. The smallest absolute Gasteiger partial charge is 0.151 e. The highest BCUT2D eigenvalue weighted by atomic mass is 16.5. The highest BCUT2D eigenvalue weighted by Crippen LogP contribution is 2.25. The number of aromatic nitrogens is 4. The van der Waals surface area contributed by atoms with Crippen LogP contribution in [0.3, 0.4) is 0 Å². The molecule has 3 aromatic rings. The molecule has 0 amide bonds. The third-order valence-electron chi connectivity index (χ3n) is 6.20. The summed E-state index contributed by atoms with van der Waals surface area (Å²) in [5, 5.41) is 12.3. The summed E-state index contributed by atoms with van der Waals surface area (Å²) >= 11 is 0. The van der Waals surface area contributed by atoms with Crippen LogP contribution in [0, 0.1) is 5.92 Å². The van der Waals surface area contributed by atoms with Crippen molar-refractivity contribution in [2.75, 3.05) is 54.5 Å². The average molecular weight is 432 g/mol. The number of nitrogens with zero attached hydrogens (tertiary/aromatic N) is 6. The molecule has 2 saturated heterocycles. The predicted octanol–water partition coefficient (Wildman–Crippen LogP) is 3.75. The van der Waals surface area contributed by atoms with Crippen molar-refractivity contribution in [1.29, 1.82) is 0 Å². The summed E-state index contributed by atoms with van der Waals surface area (Å²) in [7, 11) is 0. The van der Waals surface area contributed by atoms with E-state index in [1.165, 1.54) is 12.8 Å². The molecular weight excluding hydrogens is 402 g/mol. The molecule has 2 fully saturated rings. The number of hydrogen-bond acceptors (Lipinski definition) is 8. The van der Waals surface area contributed by atoms with E-state index in [-0.39, 0.29) is 0 Å². The molecule has 2 aromatic heterocycles. The number of rotatable bonds is 5. The lowest BCUT2D eigenvalue weighted by atomic mass is 9.99. The van der Waals surface area contributed by atoms with Gasteiger partial charge in [-0.25, -0.2) is 9.97 Å². The Labute approximate surface area is 188 Å². The average Bonchev–Trinajstić information content (AvgIpc) is 2.86. The van der Waals surface area contributed by atoms with Crippen LogP contribution in [-0.4, -0.2) is 59.6 Å². The molecule has 2 aliphatic rings. The normalized spacial score (nSPS) is 17.4. The van der Waals surface area contributed by atoms with E-state index in [9.17, 15) is 0 Å². The van der Waals surface area contributed by atoms with Gasteiger partial charge in [0.05, 0.1) is 18.9 Å². The minimum Gasteiger partial charge on any atom is -0.378 e. The maximum atomic E-state index is 5.42. The van der Waals surface area contributed by atoms with Crippen molar-refractivity contribution in [2.45, 2.75) is 19.8 Å². The second-order valence-electron chi connectivity index (χ2n) is 8.51. The molecule has 5 rings (SSSR count). The summed E-state index contributed by atoms with van der Waals surface area (Å²) in [4.78, 5) is 13.3. The quantitative estimate of drug-likeness (QED) is 0.654. The molecule has 0 bridgehead atoms. The lowest BCUT2D eigenvalue weighted by Crippen LogP contribution is -2.36. The molecule has 1 N–H and O–H groups in total. The molecule has 32 heavy (non-hydrogen) atoms. The van der Waals surface area contributed by atoms with Gasteiger partial charge in [0.25, 0.3) is 0 Å². The van der Waals surface area contributed by atoms with Crippen LogP contribution in [0.25, 0.3) is 11.3 Å². The first kappa shape index (κ1) is 20.6. The standard InChI is InChI=1S/C24H29N7O/c1-18-8-10-30(11-9-18)23-7-6-21(28-29-23)19-2-4-20(5-3-19)27-22-16-24(26-17-25-22)31-12-14-32-15-13-31/h2-7,16-18H,8-15H2,1H3,(H,25,26,27). The molecule has 0 radical (unpaired) electrons. The Morgan fingerprint density at radius 2 is 1.59 bits per heavy atom. The van der Waals surface area contributed by atoms with E-state index in [0.717, 1.165) is 79.7 Å². The Morgan fingerprint density at radius 1 is 0.844 bits per heavy atom. The summed E-state index contributed by atoms with van der Waals surface area (Å²) in [5.74, 6) is 3.47. The fourth-order valence-corrected chi connectivity index (χ4v) is 4.14. The van der Waals surface area contributed by atoms with Crippen molar-refractivity contribution in [3.05, 3.63) is 48.8 Å². The zero-order chi connectivity index (χ0) is 21.8. The Morgan fingerprint density at radius 3 is 2.31 bits per heavy atom. The highest BCUT2D eigenvalue weighted by molar-refractivity contribution is 5.66. The maximum Gasteiger partial charge on any atom is 0.151 e. The largest absolute Gasteiger partial charge is 0.378 e. The predicted molar refractivity (Wildman–Crippen MR) is 126 cm³/mol. The van der Waals surface area contributed by atoms with Gasteiger partial charge in [0.1, 0.15) is 18.0 Å². The molecule has 0 atom stereocenters. The Kier molecular flexibility index (Phi) is 6.11. The van der Waals surface area contributed by atoms with Crippen LogP contribution in [0.5, 0.6) is 0 Å². The minimum absolute atomic E-state index is 0.731. The fraction of sp³-hybridized carbons (Fsp3) is 0.417. The van der Waals surface area contributed by atoms with Crippen LogP contribution < -0.4 is 15.1 Å². The number of hydrogen-bond donors (Lipinski definition) is 1. The van der Waals surface area contributed by atoms with Crippen molar-refractivity contribution in [3.8, 4) is 11.3 Å². The maximum absolute atomic E-state index is 5.42. The van der Waals surface area contributed by atoms with Gasteiger partial charge in [-0.15, -0.1) is 10.2 Å². The molecule has 2 aliphatic heterocycles.